The molecule has 0 saturated carbocycles. The van der Waals surface area contributed by atoms with E-state index in [4.69, 9.17) is 0 Å². The van der Waals surface area contributed by atoms with Crippen LogP contribution in [0.4, 0.5) is 13.2 Å². The van der Waals surface area contributed by atoms with Crippen LogP contribution < -0.4 is 9.50 Å². The predicted molar refractivity (Wildman–Crippen MR) is 79.3 cm³/mol. The van der Waals surface area contributed by atoms with Crippen molar-refractivity contribution in [2.75, 3.05) is 6.54 Å². The van der Waals surface area contributed by atoms with Crippen LogP contribution in [0.25, 0.3) is 0 Å². The third kappa shape index (κ3) is 2.41. The quantitative estimate of drug-likeness (QED) is 0.645. The first-order chi connectivity index (χ1) is 11.0. The second kappa shape index (κ2) is 5.19. The summed E-state index contributed by atoms with van der Waals surface area (Å²) in [6.07, 6.45) is 0.681. The van der Waals surface area contributed by atoms with Crippen molar-refractivity contribution < 1.29 is 30.6 Å². The Morgan fingerprint density at radius 2 is 2.00 bits per heavy atom. The molecule has 1 aromatic rings. The highest BCUT2D eigenvalue weighted by Crippen LogP contribution is 2.47. The molecule has 2 aliphatic rings. The van der Waals surface area contributed by atoms with Crippen LogP contribution in [0.2, 0.25) is 0 Å². The molecule has 2 bridgehead atoms. The number of hydrogen-bond acceptors (Lipinski definition) is 5. The Morgan fingerprint density at radius 3 is 2.62 bits per heavy atom. The fourth-order valence-electron chi connectivity index (χ4n) is 3.56. The summed E-state index contributed by atoms with van der Waals surface area (Å²) >= 11 is 0. The van der Waals surface area contributed by atoms with Crippen LogP contribution in [-0.4, -0.2) is 32.3 Å². The van der Waals surface area contributed by atoms with Gasteiger partial charge in [0.2, 0.25) is 0 Å². The standard InChI is InChI=1S/C15H16F3NO4S/c1-8-12-13(20)10-4-3-9(23-24(21,22)15(16,17)18)7-11(10)14(8,2)5-6-19-12/h3-4,7-8,12,19H,5-6H2,1-2H3/t8-,12-,14+/m0/s1. The number of piperidine rings is 1. The van der Waals surface area contributed by atoms with Gasteiger partial charge in [-0.3, -0.25) is 4.79 Å². The van der Waals surface area contributed by atoms with Crippen molar-refractivity contribution >= 4 is 15.9 Å². The molecule has 3 atom stereocenters. The Labute approximate surface area is 137 Å². The van der Waals surface area contributed by atoms with Crippen molar-refractivity contribution in [1.82, 2.24) is 5.32 Å². The highest BCUT2D eigenvalue weighted by molar-refractivity contribution is 7.88. The van der Waals surface area contributed by atoms with Gasteiger partial charge in [0, 0.05) is 5.56 Å². The summed E-state index contributed by atoms with van der Waals surface area (Å²) in [6, 6.07) is 3.31. The molecule has 1 heterocycles. The van der Waals surface area contributed by atoms with E-state index in [2.05, 4.69) is 9.50 Å². The van der Waals surface area contributed by atoms with Crippen molar-refractivity contribution in [1.29, 1.82) is 0 Å². The third-order valence-electron chi connectivity index (χ3n) is 5.16. The summed E-state index contributed by atoms with van der Waals surface area (Å²) in [5.41, 5.74) is -5.02. The Balaban J connectivity index is 2.07. The number of Topliss-reactive ketones (excluding diaryl/α,β-unsaturated/α-hetero) is 1. The molecule has 0 amide bonds. The molecule has 1 N–H and O–H groups in total. The molecule has 5 nitrogen and oxygen atoms in total. The number of halogens is 3. The number of fused-ring (bicyclic) bond motifs is 4. The minimum absolute atomic E-state index is 0.0688. The lowest BCUT2D eigenvalue weighted by molar-refractivity contribution is -0.0500. The molecule has 1 aliphatic heterocycles. The number of rotatable bonds is 2. The lowest BCUT2D eigenvalue weighted by Gasteiger charge is -2.49. The average molecular weight is 363 g/mol. The molecule has 24 heavy (non-hydrogen) atoms. The molecule has 3 rings (SSSR count). The van der Waals surface area contributed by atoms with Gasteiger partial charge in [0.05, 0.1) is 6.04 Å². The summed E-state index contributed by atoms with van der Waals surface area (Å²) < 4.78 is 64.0. The van der Waals surface area contributed by atoms with Gasteiger partial charge >= 0.3 is 15.6 Å². The van der Waals surface area contributed by atoms with Crippen LogP contribution in [0.5, 0.6) is 5.75 Å². The maximum absolute atomic E-state index is 12.5. The number of hydrogen-bond donors (Lipinski definition) is 1. The zero-order chi connectivity index (χ0) is 17.9. The van der Waals surface area contributed by atoms with E-state index in [0.29, 0.717) is 24.1 Å². The molecule has 1 aromatic carbocycles. The smallest absolute Gasteiger partial charge is 0.376 e. The molecular formula is C15H16F3NO4S. The van der Waals surface area contributed by atoms with Gasteiger partial charge in [-0.15, -0.1) is 0 Å². The van der Waals surface area contributed by atoms with Crippen molar-refractivity contribution in [3.05, 3.63) is 29.3 Å². The summed E-state index contributed by atoms with van der Waals surface area (Å²) in [7, 11) is -5.74. The molecule has 0 aromatic heterocycles. The van der Waals surface area contributed by atoms with Gasteiger partial charge in [-0.1, -0.05) is 13.8 Å². The first-order valence-corrected chi connectivity index (χ1v) is 8.81. The van der Waals surface area contributed by atoms with E-state index in [1.165, 1.54) is 12.1 Å². The highest BCUT2D eigenvalue weighted by Gasteiger charge is 2.51. The molecule has 132 valence electrons. The maximum atomic E-state index is 12.5. The van der Waals surface area contributed by atoms with E-state index in [1.54, 1.807) is 0 Å². The average Bonchev–Trinajstić information content (AvgIpc) is 2.46. The Morgan fingerprint density at radius 1 is 1.33 bits per heavy atom. The molecule has 0 unspecified atom stereocenters. The molecule has 0 radical (unpaired) electrons. The highest BCUT2D eigenvalue weighted by atomic mass is 32.2. The minimum Gasteiger partial charge on any atom is -0.376 e. The third-order valence-corrected chi connectivity index (χ3v) is 6.14. The summed E-state index contributed by atoms with van der Waals surface area (Å²) in [5, 5.41) is 3.16. The lowest BCUT2D eigenvalue weighted by atomic mass is 9.59. The van der Waals surface area contributed by atoms with Crippen LogP contribution in [-0.2, 0) is 15.5 Å². The van der Waals surface area contributed by atoms with E-state index >= 15 is 0 Å². The monoisotopic (exact) mass is 363 g/mol. The molecule has 1 saturated heterocycles. The van der Waals surface area contributed by atoms with Gasteiger partial charge in [0.1, 0.15) is 5.75 Å². The molecular weight excluding hydrogens is 347 g/mol. The minimum atomic E-state index is -5.74. The summed E-state index contributed by atoms with van der Waals surface area (Å²) in [5.74, 6) is -0.648. The number of ketones is 1. The van der Waals surface area contributed by atoms with Crippen molar-refractivity contribution in [2.45, 2.75) is 37.2 Å². The Kier molecular flexibility index (Phi) is 3.72. The Bertz CT molecular complexity index is 805. The lowest BCUT2D eigenvalue weighted by Crippen LogP contribution is -2.59. The number of carbonyl (C=O) groups excluding carboxylic acids is 1. The Hall–Kier alpha value is -1.61. The van der Waals surface area contributed by atoms with Crippen LogP contribution in [0, 0.1) is 5.92 Å². The number of benzene rings is 1. The first-order valence-electron chi connectivity index (χ1n) is 7.40. The molecule has 9 heteroatoms. The normalized spacial score (nSPS) is 30.0. The fraction of sp³-hybridized carbons (Fsp3) is 0.533. The van der Waals surface area contributed by atoms with Gasteiger partial charge in [-0.05, 0) is 48.1 Å². The largest absolute Gasteiger partial charge is 0.534 e. The maximum Gasteiger partial charge on any atom is 0.534 e. The first kappa shape index (κ1) is 17.2. The summed E-state index contributed by atoms with van der Waals surface area (Å²) in [6.45, 7) is 4.43. The predicted octanol–water partition coefficient (Wildman–Crippen LogP) is 2.37. The van der Waals surface area contributed by atoms with Crippen molar-refractivity contribution in [3.8, 4) is 5.75 Å². The zero-order valence-electron chi connectivity index (χ0n) is 13.0. The van der Waals surface area contributed by atoms with Crippen molar-refractivity contribution in [3.63, 3.8) is 0 Å². The van der Waals surface area contributed by atoms with Crippen LogP contribution >= 0.6 is 0 Å². The SMILES string of the molecule is C[C@H]1[C@@H]2NCC[C@@]1(C)c1cc(OS(=O)(=O)C(F)(F)F)ccc1C2=O. The number of nitrogens with one attached hydrogen (secondary N) is 1. The second-order valence-corrected chi connectivity index (χ2v) is 7.98. The topological polar surface area (TPSA) is 72.5 Å². The number of alkyl halides is 3. The van der Waals surface area contributed by atoms with E-state index in [0.717, 1.165) is 6.07 Å². The molecule has 1 fully saturated rings. The van der Waals surface area contributed by atoms with Gasteiger partial charge < -0.3 is 9.50 Å². The van der Waals surface area contributed by atoms with Crippen LogP contribution in [0.3, 0.4) is 0 Å². The van der Waals surface area contributed by atoms with Crippen molar-refractivity contribution in [2.24, 2.45) is 5.92 Å². The van der Waals surface area contributed by atoms with Gasteiger partial charge in [-0.2, -0.15) is 21.6 Å². The van der Waals surface area contributed by atoms with Gasteiger partial charge in [-0.25, -0.2) is 0 Å². The van der Waals surface area contributed by atoms with E-state index in [1.807, 2.05) is 13.8 Å². The number of carbonyl (C=O) groups is 1. The fourth-order valence-corrected chi connectivity index (χ4v) is 4.01. The summed E-state index contributed by atoms with van der Waals surface area (Å²) in [4.78, 5) is 12.5. The zero-order valence-corrected chi connectivity index (χ0v) is 13.8. The van der Waals surface area contributed by atoms with E-state index in [9.17, 15) is 26.4 Å². The van der Waals surface area contributed by atoms with Crippen LogP contribution in [0.15, 0.2) is 18.2 Å². The molecule has 0 spiro atoms. The van der Waals surface area contributed by atoms with Gasteiger partial charge in [0.25, 0.3) is 0 Å². The van der Waals surface area contributed by atoms with Crippen LogP contribution in [0.1, 0.15) is 36.2 Å². The van der Waals surface area contributed by atoms with Gasteiger partial charge in [0.15, 0.2) is 5.78 Å². The molecule has 1 aliphatic carbocycles. The van der Waals surface area contributed by atoms with E-state index in [-0.39, 0.29) is 17.7 Å². The second-order valence-electron chi connectivity index (χ2n) is 6.44. The van der Waals surface area contributed by atoms with E-state index < -0.39 is 26.8 Å².